The van der Waals surface area contributed by atoms with E-state index in [1.54, 1.807) is 0 Å². The monoisotopic (exact) mass is 352 g/mol. The molecule has 4 rings (SSSR count). The lowest BCUT2D eigenvalue weighted by molar-refractivity contribution is 0.0256. The number of rotatable bonds is 3. The van der Waals surface area contributed by atoms with Crippen molar-refractivity contribution in [1.29, 1.82) is 0 Å². The molecule has 1 amide bonds. The molecule has 0 aliphatic carbocycles. The summed E-state index contributed by atoms with van der Waals surface area (Å²) >= 11 is 0. The van der Waals surface area contributed by atoms with Gasteiger partial charge in [-0.3, -0.25) is 4.79 Å². The first-order valence-electron chi connectivity index (χ1n) is 9.26. The lowest BCUT2D eigenvalue weighted by Gasteiger charge is -2.30. The van der Waals surface area contributed by atoms with E-state index in [0.717, 1.165) is 68.1 Å². The summed E-state index contributed by atoms with van der Waals surface area (Å²) in [7, 11) is 0. The van der Waals surface area contributed by atoms with Crippen molar-refractivity contribution in [3.63, 3.8) is 0 Å². The Labute approximate surface area is 153 Å². The van der Waals surface area contributed by atoms with Gasteiger partial charge >= 0.3 is 0 Å². The van der Waals surface area contributed by atoms with Gasteiger partial charge in [-0.25, -0.2) is 0 Å². The van der Waals surface area contributed by atoms with Gasteiger partial charge in [-0.2, -0.15) is 0 Å². The van der Waals surface area contributed by atoms with Crippen LogP contribution < -0.4 is 15.4 Å². The second kappa shape index (κ2) is 7.38. The first-order chi connectivity index (χ1) is 12.7. The molecule has 2 N–H and O–H groups in total. The highest BCUT2D eigenvalue weighted by Crippen LogP contribution is 2.32. The Morgan fingerprint density at radius 2 is 1.88 bits per heavy atom. The van der Waals surface area contributed by atoms with Crippen molar-refractivity contribution in [3.8, 4) is 5.75 Å². The summed E-state index contributed by atoms with van der Waals surface area (Å²) in [5, 5.41) is 0. The van der Waals surface area contributed by atoms with Crippen LogP contribution in [0.15, 0.2) is 42.5 Å². The lowest BCUT2D eigenvalue weighted by Crippen LogP contribution is -2.35. The fraction of sp³-hybridized carbons (Fsp3) is 0.381. The van der Waals surface area contributed by atoms with Gasteiger partial charge in [0.2, 0.25) is 0 Å². The topological polar surface area (TPSA) is 64.8 Å². The fourth-order valence-electron chi connectivity index (χ4n) is 3.68. The summed E-state index contributed by atoms with van der Waals surface area (Å²) in [6.07, 6.45) is 3.86. The van der Waals surface area contributed by atoms with E-state index in [4.69, 9.17) is 15.2 Å². The van der Waals surface area contributed by atoms with Gasteiger partial charge in [0.25, 0.3) is 5.91 Å². The van der Waals surface area contributed by atoms with E-state index >= 15 is 0 Å². The van der Waals surface area contributed by atoms with E-state index in [-0.39, 0.29) is 12.0 Å². The average Bonchev–Trinajstić information content (AvgIpc) is 2.69. The molecule has 5 nitrogen and oxygen atoms in total. The van der Waals surface area contributed by atoms with Crippen molar-refractivity contribution in [1.82, 2.24) is 0 Å². The second-order valence-electron chi connectivity index (χ2n) is 6.86. The molecule has 0 radical (unpaired) electrons. The number of nitrogens with zero attached hydrogens (tertiary/aromatic N) is 1. The first-order valence-corrected chi connectivity index (χ1v) is 9.26. The van der Waals surface area contributed by atoms with Crippen molar-refractivity contribution in [2.24, 2.45) is 0 Å². The molecule has 26 heavy (non-hydrogen) atoms. The van der Waals surface area contributed by atoms with Crippen molar-refractivity contribution < 1.29 is 14.3 Å². The van der Waals surface area contributed by atoms with Crippen molar-refractivity contribution in [2.45, 2.75) is 31.8 Å². The third-order valence-corrected chi connectivity index (χ3v) is 5.10. The number of benzene rings is 2. The number of amides is 1. The molecular weight excluding hydrogens is 328 g/mol. The number of carbonyl (C=O) groups is 1. The van der Waals surface area contributed by atoms with Gasteiger partial charge in [0.1, 0.15) is 11.9 Å². The van der Waals surface area contributed by atoms with E-state index in [2.05, 4.69) is 0 Å². The number of hydrogen-bond donors (Lipinski definition) is 1. The summed E-state index contributed by atoms with van der Waals surface area (Å²) < 4.78 is 11.3. The molecular formula is C21H24N2O3. The van der Waals surface area contributed by atoms with Gasteiger partial charge < -0.3 is 20.1 Å². The molecule has 0 spiro atoms. The van der Waals surface area contributed by atoms with E-state index < -0.39 is 0 Å². The smallest absolute Gasteiger partial charge is 0.258 e. The van der Waals surface area contributed by atoms with E-state index in [9.17, 15) is 4.79 Å². The van der Waals surface area contributed by atoms with Crippen molar-refractivity contribution in [2.75, 3.05) is 30.4 Å². The predicted octanol–water partition coefficient (Wildman–Crippen LogP) is 3.42. The maximum absolute atomic E-state index is 13.0. The number of carbonyl (C=O) groups excluding carboxylic acids is 1. The largest absolute Gasteiger partial charge is 0.490 e. The average molecular weight is 352 g/mol. The van der Waals surface area contributed by atoms with E-state index in [0.29, 0.717) is 5.56 Å². The Balaban J connectivity index is 1.50. The number of nitrogen functional groups attached to an aromatic ring is 1. The highest BCUT2D eigenvalue weighted by atomic mass is 16.5. The van der Waals surface area contributed by atoms with Crippen molar-refractivity contribution >= 4 is 17.3 Å². The van der Waals surface area contributed by atoms with Gasteiger partial charge in [0.15, 0.2) is 0 Å². The quantitative estimate of drug-likeness (QED) is 0.860. The van der Waals surface area contributed by atoms with Crippen molar-refractivity contribution in [3.05, 3.63) is 53.6 Å². The van der Waals surface area contributed by atoms with Gasteiger partial charge in [-0.05, 0) is 54.8 Å². The van der Waals surface area contributed by atoms with Crippen LogP contribution in [0.1, 0.15) is 35.2 Å². The molecule has 2 aromatic carbocycles. The Morgan fingerprint density at radius 3 is 2.65 bits per heavy atom. The molecule has 0 bridgehead atoms. The third kappa shape index (κ3) is 3.40. The Hall–Kier alpha value is -2.53. The standard InChI is InChI=1S/C21H24N2O3/c22-19-4-1-5-20-18(19)3-2-12-23(20)21(24)15-6-8-16(9-7-15)26-17-10-13-25-14-11-17/h1,4-9,17H,2-3,10-14,22H2. The highest BCUT2D eigenvalue weighted by Gasteiger charge is 2.24. The molecule has 0 atom stereocenters. The minimum absolute atomic E-state index is 0.00849. The molecule has 2 aliphatic heterocycles. The van der Waals surface area contributed by atoms with Crippen LogP contribution in [-0.4, -0.2) is 31.8 Å². The van der Waals surface area contributed by atoms with Gasteiger partial charge in [0, 0.05) is 36.3 Å². The molecule has 0 saturated carbocycles. The lowest BCUT2D eigenvalue weighted by atomic mass is 9.99. The zero-order chi connectivity index (χ0) is 17.9. The number of ether oxygens (including phenoxy) is 2. The van der Waals surface area contributed by atoms with Crippen LogP contribution in [0, 0.1) is 0 Å². The number of fused-ring (bicyclic) bond motifs is 1. The van der Waals surface area contributed by atoms with Gasteiger partial charge in [0.05, 0.1) is 13.2 Å². The van der Waals surface area contributed by atoms with Crippen LogP contribution in [0.25, 0.3) is 0 Å². The minimum atomic E-state index is 0.00849. The normalized spacial score (nSPS) is 17.6. The Morgan fingerprint density at radius 1 is 1.12 bits per heavy atom. The zero-order valence-electron chi connectivity index (χ0n) is 14.8. The first kappa shape index (κ1) is 16.9. The van der Waals surface area contributed by atoms with E-state index in [1.165, 1.54) is 0 Å². The summed E-state index contributed by atoms with van der Waals surface area (Å²) in [5.74, 6) is 0.811. The zero-order valence-corrected chi connectivity index (χ0v) is 14.8. The molecule has 0 unspecified atom stereocenters. The molecule has 0 aromatic heterocycles. The van der Waals surface area contributed by atoms with Gasteiger partial charge in [-0.1, -0.05) is 6.07 Å². The number of anilines is 2. The maximum atomic E-state index is 13.0. The SMILES string of the molecule is Nc1cccc2c1CCCN2C(=O)c1ccc(OC2CCOCC2)cc1. The van der Waals surface area contributed by atoms with Crippen LogP contribution in [0.3, 0.4) is 0 Å². The fourth-order valence-corrected chi connectivity index (χ4v) is 3.68. The van der Waals surface area contributed by atoms with Crippen LogP contribution in [0.4, 0.5) is 11.4 Å². The number of hydrogen-bond acceptors (Lipinski definition) is 4. The molecule has 2 aromatic rings. The number of nitrogens with two attached hydrogens (primary N) is 1. The third-order valence-electron chi connectivity index (χ3n) is 5.10. The van der Waals surface area contributed by atoms with Crippen LogP contribution in [0.5, 0.6) is 5.75 Å². The molecule has 1 saturated heterocycles. The minimum Gasteiger partial charge on any atom is -0.490 e. The molecule has 5 heteroatoms. The maximum Gasteiger partial charge on any atom is 0.258 e. The van der Waals surface area contributed by atoms with Gasteiger partial charge in [-0.15, -0.1) is 0 Å². The Bertz CT molecular complexity index is 782. The van der Waals surface area contributed by atoms with Crippen LogP contribution >= 0.6 is 0 Å². The van der Waals surface area contributed by atoms with E-state index in [1.807, 2.05) is 47.4 Å². The molecule has 2 aliphatic rings. The summed E-state index contributed by atoms with van der Waals surface area (Å²) in [6.45, 7) is 2.22. The molecule has 1 fully saturated rings. The Kier molecular flexibility index (Phi) is 4.80. The predicted molar refractivity (Wildman–Crippen MR) is 102 cm³/mol. The highest BCUT2D eigenvalue weighted by molar-refractivity contribution is 6.07. The second-order valence-corrected chi connectivity index (χ2v) is 6.86. The van der Waals surface area contributed by atoms with Crippen LogP contribution in [-0.2, 0) is 11.2 Å². The summed E-state index contributed by atoms with van der Waals surface area (Å²) in [6, 6.07) is 13.2. The summed E-state index contributed by atoms with van der Waals surface area (Å²) in [4.78, 5) is 14.8. The van der Waals surface area contributed by atoms with Crippen LogP contribution in [0.2, 0.25) is 0 Å². The molecule has 136 valence electrons. The molecule has 2 heterocycles. The summed E-state index contributed by atoms with van der Waals surface area (Å²) in [5.41, 5.74) is 9.53.